The van der Waals surface area contributed by atoms with Gasteiger partial charge in [0.05, 0.1) is 10.4 Å². The van der Waals surface area contributed by atoms with Crippen molar-refractivity contribution in [2.75, 3.05) is 0 Å². The summed E-state index contributed by atoms with van der Waals surface area (Å²) in [5.74, 6) is -0.869. The van der Waals surface area contributed by atoms with Gasteiger partial charge in [-0.2, -0.15) is 0 Å². The van der Waals surface area contributed by atoms with Crippen molar-refractivity contribution in [2.24, 2.45) is 10.2 Å². The number of rotatable bonds is 3. The van der Waals surface area contributed by atoms with E-state index in [1.807, 2.05) is 13.0 Å². The van der Waals surface area contributed by atoms with Crippen molar-refractivity contribution >= 4 is 44.1 Å². The van der Waals surface area contributed by atoms with Gasteiger partial charge in [-0.25, -0.2) is 0 Å². The molecule has 0 atom stereocenters. The Balaban J connectivity index is 1.94. The number of nitrogens with one attached hydrogen (secondary N) is 1. The average Bonchev–Trinajstić information content (AvgIpc) is 2.88. The molecule has 0 aliphatic carbocycles. The lowest BCUT2D eigenvalue weighted by molar-refractivity contribution is -0.384. The zero-order valence-corrected chi connectivity index (χ0v) is 14.4. The van der Waals surface area contributed by atoms with Crippen LogP contribution in [0.1, 0.15) is 15.9 Å². The van der Waals surface area contributed by atoms with E-state index < -0.39 is 10.8 Å². The summed E-state index contributed by atoms with van der Waals surface area (Å²) in [7, 11) is 0. The normalized spacial score (nSPS) is 11.3. The molecule has 0 saturated heterocycles. The van der Waals surface area contributed by atoms with Gasteiger partial charge in [0.1, 0.15) is 0 Å². The van der Waals surface area contributed by atoms with E-state index in [1.54, 1.807) is 6.07 Å². The number of carbonyl (C=O) groups excluding carboxylic acids is 1. The number of nitrogens with zero attached hydrogens (tertiary/aromatic N) is 3. The molecule has 0 bridgehead atoms. The van der Waals surface area contributed by atoms with Crippen LogP contribution in [-0.4, -0.2) is 20.9 Å². The molecule has 0 aliphatic rings. The number of aryl methyl sites for hydroxylation is 1. The first-order valence-electron chi connectivity index (χ1n) is 7.08. The largest absolute Gasteiger partial charge is 0.493 e. The second kappa shape index (κ2) is 6.44. The van der Waals surface area contributed by atoms with E-state index in [-0.39, 0.29) is 22.8 Å². The highest BCUT2D eigenvalue weighted by Gasteiger charge is 2.14. The van der Waals surface area contributed by atoms with Crippen LogP contribution in [0.4, 0.5) is 11.4 Å². The predicted molar refractivity (Wildman–Crippen MR) is 94.3 cm³/mol. The number of hydrogen-bond donors (Lipinski definition) is 2. The molecular formula is C16H11BrN4O4. The third-order valence-electron chi connectivity index (χ3n) is 3.59. The van der Waals surface area contributed by atoms with E-state index in [4.69, 9.17) is 0 Å². The summed E-state index contributed by atoms with van der Waals surface area (Å²) in [4.78, 5) is 24.9. The second-order valence-electron chi connectivity index (χ2n) is 5.28. The van der Waals surface area contributed by atoms with Gasteiger partial charge >= 0.3 is 0 Å². The molecule has 0 aliphatic heterocycles. The lowest BCUT2D eigenvalue weighted by Gasteiger charge is -1.98. The fraction of sp³-hybridized carbons (Fsp3) is 0.0625. The Bertz CT molecular complexity index is 1020. The lowest BCUT2D eigenvalue weighted by atomic mass is 10.1. The third kappa shape index (κ3) is 3.26. The van der Waals surface area contributed by atoms with Gasteiger partial charge in [-0.3, -0.25) is 14.9 Å². The summed E-state index contributed by atoms with van der Waals surface area (Å²) in [6.07, 6.45) is 0. The number of aromatic hydroxyl groups is 1. The number of nitro groups is 1. The van der Waals surface area contributed by atoms with Crippen molar-refractivity contribution in [1.29, 1.82) is 0 Å². The van der Waals surface area contributed by atoms with Crippen LogP contribution < -0.4 is 0 Å². The number of H-pyrrole nitrogens is 1. The molecule has 9 heteroatoms. The molecular weight excluding hydrogens is 392 g/mol. The summed E-state index contributed by atoms with van der Waals surface area (Å²) in [5.41, 5.74) is 1.77. The molecule has 25 heavy (non-hydrogen) atoms. The monoisotopic (exact) mass is 402 g/mol. The van der Waals surface area contributed by atoms with Gasteiger partial charge in [0, 0.05) is 27.6 Å². The van der Waals surface area contributed by atoms with Crippen LogP contribution in [0.25, 0.3) is 10.9 Å². The average molecular weight is 403 g/mol. The predicted octanol–water partition coefficient (Wildman–Crippen LogP) is 4.78. The van der Waals surface area contributed by atoms with E-state index in [0.29, 0.717) is 10.9 Å². The quantitative estimate of drug-likeness (QED) is 0.371. The van der Waals surface area contributed by atoms with E-state index in [2.05, 4.69) is 31.1 Å². The van der Waals surface area contributed by atoms with Crippen LogP contribution in [-0.2, 0) is 0 Å². The van der Waals surface area contributed by atoms with Gasteiger partial charge in [-0.05, 0) is 36.8 Å². The number of fused-ring (bicyclic) bond motifs is 1. The first-order valence-corrected chi connectivity index (χ1v) is 7.87. The standard InChI is InChI=1S/C16H11BrN4O4/c1-8-6-10(17)7-12-13(8)18-16(23)14(12)19-20-15(22)9-2-4-11(5-3-9)21(24)25/h2-7,18,23H,1H3. The van der Waals surface area contributed by atoms with Gasteiger partial charge < -0.3 is 10.1 Å². The van der Waals surface area contributed by atoms with E-state index in [1.165, 1.54) is 24.3 Å². The minimum atomic E-state index is -0.671. The van der Waals surface area contributed by atoms with Gasteiger partial charge in [0.2, 0.25) is 5.88 Å². The van der Waals surface area contributed by atoms with E-state index in [9.17, 15) is 20.0 Å². The zero-order chi connectivity index (χ0) is 18.1. The Morgan fingerprint density at radius 2 is 1.96 bits per heavy atom. The number of non-ortho nitro benzene ring substituents is 1. The van der Waals surface area contributed by atoms with Gasteiger partial charge in [-0.15, -0.1) is 10.2 Å². The van der Waals surface area contributed by atoms with Crippen LogP contribution in [0.5, 0.6) is 5.88 Å². The Labute approximate surface area is 149 Å². The topological polar surface area (TPSA) is 121 Å². The molecule has 1 amide bonds. The molecule has 8 nitrogen and oxygen atoms in total. The summed E-state index contributed by atoms with van der Waals surface area (Å²) in [6.45, 7) is 1.87. The number of aromatic nitrogens is 1. The number of halogens is 1. The van der Waals surface area contributed by atoms with Crippen LogP contribution >= 0.6 is 15.9 Å². The highest BCUT2D eigenvalue weighted by atomic mass is 79.9. The smallest absolute Gasteiger partial charge is 0.295 e. The van der Waals surface area contributed by atoms with Crippen molar-refractivity contribution in [1.82, 2.24) is 4.98 Å². The maximum absolute atomic E-state index is 12.1. The Morgan fingerprint density at radius 1 is 1.28 bits per heavy atom. The molecule has 2 N–H and O–H groups in total. The highest BCUT2D eigenvalue weighted by Crippen LogP contribution is 2.38. The number of benzene rings is 2. The number of nitro benzene ring substituents is 1. The molecule has 0 fully saturated rings. The summed E-state index contributed by atoms with van der Waals surface area (Å²) in [5, 5.41) is 28.7. The molecule has 3 aromatic rings. The molecule has 3 rings (SSSR count). The maximum Gasteiger partial charge on any atom is 0.295 e. The number of hydrogen-bond acceptors (Lipinski definition) is 5. The molecule has 0 saturated carbocycles. The van der Waals surface area contributed by atoms with Crippen molar-refractivity contribution in [3.63, 3.8) is 0 Å². The second-order valence-corrected chi connectivity index (χ2v) is 6.19. The van der Waals surface area contributed by atoms with Gasteiger partial charge in [0.25, 0.3) is 11.6 Å². The van der Waals surface area contributed by atoms with Gasteiger partial charge in [-0.1, -0.05) is 15.9 Å². The van der Waals surface area contributed by atoms with Crippen LogP contribution in [0.15, 0.2) is 51.1 Å². The molecule has 1 heterocycles. The first kappa shape index (κ1) is 16.8. The number of azo groups is 1. The summed E-state index contributed by atoms with van der Waals surface area (Å²) in [6, 6.07) is 8.66. The SMILES string of the molecule is Cc1cc(Br)cc2c(N=NC(=O)c3ccc([N+](=O)[O-])cc3)c(O)[nH]c12. The molecule has 0 spiro atoms. The maximum atomic E-state index is 12.1. The number of aromatic amines is 1. The van der Waals surface area contributed by atoms with Crippen molar-refractivity contribution < 1.29 is 14.8 Å². The Hall–Kier alpha value is -3.07. The van der Waals surface area contributed by atoms with Crippen molar-refractivity contribution in [3.8, 4) is 5.88 Å². The van der Waals surface area contributed by atoms with E-state index in [0.717, 1.165) is 10.0 Å². The summed E-state index contributed by atoms with van der Waals surface area (Å²) < 4.78 is 0.801. The highest BCUT2D eigenvalue weighted by molar-refractivity contribution is 9.10. The fourth-order valence-electron chi connectivity index (χ4n) is 2.38. The number of carbonyl (C=O) groups is 1. The van der Waals surface area contributed by atoms with Crippen LogP contribution in [0.2, 0.25) is 0 Å². The first-order chi connectivity index (χ1) is 11.9. The minimum absolute atomic E-state index is 0.122. The number of amides is 1. The third-order valence-corrected chi connectivity index (χ3v) is 4.05. The van der Waals surface area contributed by atoms with Crippen LogP contribution in [0.3, 0.4) is 0 Å². The van der Waals surface area contributed by atoms with Crippen molar-refractivity contribution in [3.05, 3.63) is 62.1 Å². The molecule has 0 unspecified atom stereocenters. The molecule has 2 aromatic carbocycles. The molecule has 126 valence electrons. The van der Waals surface area contributed by atoms with E-state index >= 15 is 0 Å². The lowest BCUT2D eigenvalue weighted by Crippen LogP contribution is -1.94. The summed E-state index contributed by atoms with van der Waals surface area (Å²) >= 11 is 3.37. The molecule has 1 aromatic heterocycles. The Morgan fingerprint density at radius 3 is 2.60 bits per heavy atom. The molecule has 0 radical (unpaired) electrons. The van der Waals surface area contributed by atoms with Crippen molar-refractivity contribution in [2.45, 2.75) is 6.92 Å². The van der Waals surface area contributed by atoms with Crippen LogP contribution in [0, 0.1) is 17.0 Å². The fourth-order valence-corrected chi connectivity index (χ4v) is 2.95. The van der Waals surface area contributed by atoms with Gasteiger partial charge in [0.15, 0.2) is 5.69 Å². The zero-order valence-electron chi connectivity index (χ0n) is 12.9. The minimum Gasteiger partial charge on any atom is -0.493 e. The Kier molecular flexibility index (Phi) is 4.32.